The highest BCUT2D eigenvalue weighted by Crippen LogP contribution is 2.14. The van der Waals surface area contributed by atoms with E-state index in [4.69, 9.17) is 0 Å². The van der Waals surface area contributed by atoms with Crippen molar-refractivity contribution < 1.29 is 4.79 Å². The predicted octanol–water partition coefficient (Wildman–Crippen LogP) is 3.51. The molecule has 1 heterocycles. The van der Waals surface area contributed by atoms with Crippen LogP contribution in [-0.2, 0) is 6.54 Å². The standard InChI is InChI=1S/C16H20N2O/c1-11(2)16-17-7-8-18(16)10-15(19)14-6-5-12(3)13(4)9-14/h5-9,11H,10H2,1-4H3. The number of nitrogens with zero attached hydrogens (tertiary/aromatic N) is 2. The normalized spacial score (nSPS) is 11.0. The fraction of sp³-hybridized carbons (Fsp3) is 0.375. The molecule has 0 spiro atoms. The first-order valence-electron chi connectivity index (χ1n) is 6.60. The molecule has 0 aliphatic rings. The average molecular weight is 256 g/mol. The fourth-order valence-electron chi connectivity index (χ4n) is 2.12. The highest BCUT2D eigenvalue weighted by Gasteiger charge is 2.12. The largest absolute Gasteiger partial charge is 0.327 e. The maximum atomic E-state index is 12.3. The lowest BCUT2D eigenvalue weighted by atomic mass is 10.0. The van der Waals surface area contributed by atoms with Crippen LogP contribution in [0.5, 0.6) is 0 Å². The molecule has 1 aromatic heterocycles. The topological polar surface area (TPSA) is 34.9 Å². The van der Waals surface area contributed by atoms with Gasteiger partial charge >= 0.3 is 0 Å². The Hall–Kier alpha value is -1.90. The Morgan fingerprint density at radius 1 is 1.26 bits per heavy atom. The van der Waals surface area contributed by atoms with Crippen LogP contribution >= 0.6 is 0 Å². The lowest BCUT2D eigenvalue weighted by Gasteiger charge is -2.10. The number of benzene rings is 1. The molecule has 0 fully saturated rings. The fourth-order valence-corrected chi connectivity index (χ4v) is 2.12. The van der Waals surface area contributed by atoms with Crippen LogP contribution in [0.4, 0.5) is 0 Å². The van der Waals surface area contributed by atoms with Crippen molar-refractivity contribution in [1.29, 1.82) is 0 Å². The molecule has 0 atom stereocenters. The molecule has 3 heteroatoms. The van der Waals surface area contributed by atoms with E-state index >= 15 is 0 Å². The molecular weight excluding hydrogens is 236 g/mol. The van der Waals surface area contributed by atoms with Gasteiger partial charge in [-0.15, -0.1) is 0 Å². The van der Waals surface area contributed by atoms with Crippen molar-refractivity contribution in [2.24, 2.45) is 0 Å². The van der Waals surface area contributed by atoms with Crippen LogP contribution in [0.15, 0.2) is 30.6 Å². The Kier molecular flexibility index (Phi) is 3.84. The molecule has 3 nitrogen and oxygen atoms in total. The monoisotopic (exact) mass is 256 g/mol. The first kappa shape index (κ1) is 13.5. The zero-order valence-electron chi connectivity index (χ0n) is 12.0. The number of carbonyl (C=O) groups excluding carboxylic acids is 1. The van der Waals surface area contributed by atoms with Gasteiger partial charge in [-0.25, -0.2) is 4.98 Å². The molecule has 0 amide bonds. The third-order valence-corrected chi connectivity index (χ3v) is 3.41. The zero-order valence-corrected chi connectivity index (χ0v) is 12.0. The van der Waals surface area contributed by atoms with Gasteiger partial charge in [0.15, 0.2) is 5.78 Å². The Labute approximate surface area is 114 Å². The van der Waals surface area contributed by atoms with Gasteiger partial charge in [-0.3, -0.25) is 4.79 Å². The molecule has 0 N–H and O–H groups in total. The Morgan fingerprint density at radius 3 is 2.63 bits per heavy atom. The lowest BCUT2D eigenvalue weighted by Crippen LogP contribution is -2.13. The van der Waals surface area contributed by atoms with Crippen molar-refractivity contribution in [3.8, 4) is 0 Å². The Balaban J connectivity index is 2.21. The van der Waals surface area contributed by atoms with E-state index in [9.17, 15) is 4.79 Å². The molecule has 0 bridgehead atoms. The van der Waals surface area contributed by atoms with Gasteiger partial charge in [0.2, 0.25) is 0 Å². The van der Waals surface area contributed by atoms with Crippen molar-refractivity contribution in [3.63, 3.8) is 0 Å². The zero-order chi connectivity index (χ0) is 14.0. The van der Waals surface area contributed by atoms with E-state index in [1.807, 2.05) is 35.9 Å². The highest BCUT2D eigenvalue weighted by molar-refractivity contribution is 5.96. The quantitative estimate of drug-likeness (QED) is 0.785. The third kappa shape index (κ3) is 2.92. The molecule has 0 aliphatic heterocycles. The number of hydrogen-bond acceptors (Lipinski definition) is 2. The van der Waals surface area contributed by atoms with Gasteiger partial charge in [0.1, 0.15) is 5.82 Å². The van der Waals surface area contributed by atoms with E-state index in [0.717, 1.165) is 17.0 Å². The minimum Gasteiger partial charge on any atom is -0.327 e. The molecule has 1 aromatic carbocycles. The molecule has 100 valence electrons. The van der Waals surface area contributed by atoms with Gasteiger partial charge in [-0.1, -0.05) is 26.0 Å². The van der Waals surface area contributed by atoms with Crippen LogP contribution in [0.2, 0.25) is 0 Å². The van der Waals surface area contributed by atoms with Gasteiger partial charge in [0, 0.05) is 23.9 Å². The van der Waals surface area contributed by atoms with Gasteiger partial charge < -0.3 is 4.57 Å². The van der Waals surface area contributed by atoms with E-state index in [-0.39, 0.29) is 5.78 Å². The summed E-state index contributed by atoms with van der Waals surface area (Å²) in [7, 11) is 0. The van der Waals surface area contributed by atoms with Crippen molar-refractivity contribution in [3.05, 3.63) is 53.1 Å². The van der Waals surface area contributed by atoms with E-state index in [2.05, 4.69) is 25.8 Å². The van der Waals surface area contributed by atoms with E-state index in [1.165, 1.54) is 5.56 Å². The summed E-state index contributed by atoms with van der Waals surface area (Å²) in [4.78, 5) is 16.6. The van der Waals surface area contributed by atoms with Crippen LogP contribution in [0.25, 0.3) is 0 Å². The van der Waals surface area contributed by atoms with Crippen LogP contribution < -0.4 is 0 Å². The second-order valence-electron chi connectivity index (χ2n) is 5.29. The van der Waals surface area contributed by atoms with E-state index < -0.39 is 0 Å². The van der Waals surface area contributed by atoms with E-state index in [0.29, 0.717) is 12.5 Å². The number of aryl methyl sites for hydroxylation is 2. The summed E-state index contributed by atoms with van der Waals surface area (Å²) < 4.78 is 1.93. The minimum absolute atomic E-state index is 0.128. The van der Waals surface area contributed by atoms with Crippen LogP contribution in [0.1, 0.15) is 47.1 Å². The smallest absolute Gasteiger partial charge is 0.182 e. The summed E-state index contributed by atoms with van der Waals surface area (Å²) in [5.41, 5.74) is 3.13. The summed E-state index contributed by atoms with van der Waals surface area (Å²) in [6.07, 6.45) is 3.62. The van der Waals surface area contributed by atoms with Crippen LogP contribution in [0.3, 0.4) is 0 Å². The first-order chi connectivity index (χ1) is 8.99. The third-order valence-electron chi connectivity index (χ3n) is 3.41. The molecule has 2 rings (SSSR count). The maximum Gasteiger partial charge on any atom is 0.182 e. The lowest BCUT2D eigenvalue weighted by molar-refractivity contribution is 0.0970. The number of carbonyl (C=O) groups is 1. The maximum absolute atomic E-state index is 12.3. The first-order valence-corrected chi connectivity index (χ1v) is 6.60. The summed E-state index contributed by atoms with van der Waals surface area (Å²) in [5, 5.41) is 0. The van der Waals surface area contributed by atoms with Gasteiger partial charge in [-0.2, -0.15) is 0 Å². The number of hydrogen-bond donors (Lipinski definition) is 0. The number of rotatable bonds is 4. The van der Waals surface area contributed by atoms with Gasteiger partial charge in [0.25, 0.3) is 0 Å². The summed E-state index contributed by atoms with van der Waals surface area (Å²) >= 11 is 0. The minimum atomic E-state index is 0.128. The second kappa shape index (κ2) is 5.39. The second-order valence-corrected chi connectivity index (χ2v) is 5.29. The number of Topliss-reactive ketones (excluding diaryl/α,β-unsaturated/α-hetero) is 1. The average Bonchev–Trinajstić information content (AvgIpc) is 2.80. The van der Waals surface area contributed by atoms with Crippen LogP contribution in [0, 0.1) is 13.8 Å². The van der Waals surface area contributed by atoms with Gasteiger partial charge in [-0.05, 0) is 31.0 Å². The summed E-state index contributed by atoms with van der Waals surface area (Å²) in [5.74, 6) is 1.41. The molecule has 19 heavy (non-hydrogen) atoms. The molecule has 0 unspecified atom stereocenters. The van der Waals surface area contributed by atoms with Crippen molar-refractivity contribution >= 4 is 5.78 Å². The number of ketones is 1. The Morgan fingerprint density at radius 2 is 2.00 bits per heavy atom. The van der Waals surface area contributed by atoms with Gasteiger partial charge in [0.05, 0.1) is 6.54 Å². The van der Waals surface area contributed by atoms with Crippen LogP contribution in [-0.4, -0.2) is 15.3 Å². The summed E-state index contributed by atoms with van der Waals surface area (Å²) in [6.45, 7) is 8.61. The molecule has 2 aromatic rings. The molecule has 0 aliphatic carbocycles. The summed E-state index contributed by atoms with van der Waals surface area (Å²) in [6, 6.07) is 5.86. The Bertz CT molecular complexity index is 597. The number of aromatic nitrogens is 2. The van der Waals surface area contributed by atoms with Crippen molar-refractivity contribution in [1.82, 2.24) is 9.55 Å². The predicted molar refractivity (Wildman–Crippen MR) is 76.6 cm³/mol. The van der Waals surface area contributed by atoms with Crippen molar-refractivity contribution in [2.45, 2.75) is 40.2 Å². The molecular formula is C16H20N2O. The molecule has 0 saturated carbocycles. The van der Waals surface area contributed by atoms with Crippen molar-refractivity contribution in [2.75, 3.05) is 0 Å². The SMILES string of the molecule is Cc1ccc(C(=O)Cn2ccnc2C(C)C)cc1C. The number of imidazole rings is 1. The molecule has 0 radical (unpaired) electrons. The molecule has 0 saturated heterocycles. The highest BCUT2D eigenvalue weighted by atomic mass is 16.1. The van der Waals surface area contributed by atoms with E-state index in [1.54, 1.807) is 6.20 Å².